The van der Waals surface area contributed by atoms with Crippen LogP contribution in [0, 0.1) is 5.92 Å². The molecule has 0 aliphatic carbocycles. The summed E-state index contributed by atoms with van der Waals surface area (Å²) in [5, 5.41) is 9.54. The van der Waals surface area contributed by atoms with Crippen LogP contribution >= 0.6 is 0 Å². The Morgan fingerprint density at radius 1 is 1.56 bits per heavy atom. The molecular formula is C13H21N3O2. The fourth-order valence-electron chi connectivity index (χ4n) is 1.93. The van der Waals surface area contributed by atoms with E-state index in [1.54, 1.807) is 0 Å². The smallest absolute Gasteiger partial charge is 0.239 e. The summed E-state index contributed by atoms with van der Waals surface area (Å²) in [5.74, 6) is 1.74. The van der Waals surface area contributed by atoms with Crippen LogP contribution in [0.4, 0.5) is 11.5 Å². The number of nitrogen functional groups attached to an aromatic ring is 1. The van der Waals surface area contributed by atoms with Gasteiger partial charge in [-0.05, 0) is 24.5 Å². The second kappa shape index (κ2) is 5.44. The molecule has 1 atom stereocenters. The summed E-state index contributed by atoms with van der Waals surface area (Å²) in [6, 6.07) is 3.68. The van der Waals surface area contributed by atoms with Gasteiger partial charge in [0.15, 0.2) is 0 Å². The van der Waals surface area contributed by atoms with Crippen LogP contribution in [-0.4, -0.2) is 35.9 Å². The highest BCUT2D eigenvalue weighted by Gasteiger charge is 2.22. The molecule has 18 heavy (non-hydrogen) atoms. The van der Waals surface area contributed by atoms with Crippen molar-refractivity contribution in [1.29, 1.82) is 0 Å². The maximum atomic E-state index is 9.54. The number of aromatic nitrogens is 1. The summed E-state index contributed by atoms with van der Waals surface area (Å²) in [5.41, 5.74) is 6.40. The standard InChI is InChI=1S/C13H21N3O2/c1-9(2)8-18-13-11(14)3-4-12(15-13)16-6-5-10(17)7-16/h3-4,9-10,17H,5-8,14H2,1-2H3. The van der Waals surface area contributed by atoms with Gasteiger partial charge >= 0.3 is 0 Å². The van der Waals surface area contributed by atoms with E-state index in [4.69, 9.17) is 10.5 Å². The fraction of sp³-hybridized carbons (Fsp3) is 0.615. The first-order valence-corrected chi connectivity index (χ1v) is 6.38. The molecule has 1 fully saturated rings. The van der Waals surface area contributed by atoms with E-state index in [0.717, 1.165) is 18.8 Å². The molecule has 0 spiro atoms. The zero-order valence-corrected chi connectivity index (χ0v) is 11.0. The predicted molar refractivity (Wildman–Crippen MR) is 71.8 cm³/mol. The van der Waals surface area contributed by atoms with Gasteiger partial charge in [-0.15, -0.1) is 0 Å². The van der Waals surface area contributed by atoms with Gasteiger partial charge in [0.25, 0.3) is 0 Å². The van der Waals surface area contributed by atoms with Crippen LogP contribution in [-0.2, 0) is 0 Å². The maximum Gasteiger partial charge on any atom is 0.239 e. The van der Waals surface area contributed by atoms with Crippen molar-refractivity contribution < 1.29 is 9.84 Å². The van der Waals surface area contributed by atoms with Gasteiger partial charge < -0.3 is 20.5 Å². The number of nitrogens with two attached hydrogens (primary N) is 1. The highest BCUT2D eigenvalue weighted by Crippen LogP contribution is 2.25. The minimum atomic E-state index is -0.260. The Bertz CT molecular complexity index is 409. The van der Waals surface area contributed by atoms with Crippen LogP contribution in [0.3, 0.4) is 0 Å². The zero-order valence-electron chi connectivity index (χ0n) is 11.0. The van der Waals surface area contributed by atoms with Gasteiger partial charge in [-0.2, -0.15) is 4.98 Å². The number of hydrogen-bond donors (Lipinski definition) is 2. The number of aliphatic hydroxyl groups is 1. The number of pyridine rings is 1. The number of nitrogens with zero attached hydrogens (tertiary/aromatic N) is 2. The lowest BCUT2D eigenvalue weighted by molar-refractivity contribution is 0.198. The third kappa shape index (κ3) is 3.04. The maximum absolute atomic E-state index is 9.54. The number of β-amino-alcohol motifs (C(OH)–C–C–N with tert-alkyl or cyclic N) is 1. The summed E-state index contributed by atoms with van der Waals surface area (Å²) in [6.07, 6.45) is 0.526. The molecule has 100 valence electrons. The number of anilines is 2. The average molecular weight is 251 g/mol. The first-order valence-electron chi connectivity index (χ1n) is 6.38. The van der Waals surface area contributed by atoms with E-state index >= 15 is 0 Å². The monoisotopic (exact) mass is 251 g/mol. The summed E-state index contributed by atoms with van der Waals surface area (Å²) in [6.45, 7) is 6.21. The molecule has 0 amide bonds. The molecule has 1 aromatic rings. The van der Waals surface area contributed by atoms with Crippen molar-refractivity contribution in [2.24, 2.45) is 5.92 Å². The summed E-state index contributed by atoms with van der Waals surface area (Å²) in [7, 11) is 0. The first kappa shape index (κ1) is 13.0. The topological polar surface area (TPSA) is 71.6 Å². The molecule has 0 radical (unpaired) electrons. The molecular weight excluding hydrogens is 230 g/mol. The van der Waals surface area contributed by atoms with Crippen molar-refractivity contribution in [2.45, 2.75) is 26.4 Å². The van der Waals surface area contributed by atoms with Crippen LogP contribution in [0.1, 0.15) is 20.3 Å². The molecule has 0 bridgehead atoms. The molecule has 2 rings (SSSR count). The molecule has 1 aliphatic rings. The molecule has 3 N–H and O–H groups in total. The van der Waals surface area contributed by atoms with Gasteiger partial charge in [0, 0.05) is 13.1 Å². The summed E-state index contributed by atoms with van der Waals surface area (Å²) in [4.78, 5) is 6.48. The van der Waals surface area contributed by atoms with Gasteiger partial charge in [-0.3, -0.25) is 0 Å². The average Bonchev–Trinajstić information content (AvgIpc) is 2.74. The van der Waals surface area contributed by atoms with Crippen molar-refractivity contribution in [3.05, 3.63) is 12.1 Å². The lowest BCUT2D eigenvalue weighted by Crippen LogP contribution is -2.22. The Morgan fingerprint density at radius 2 is 2.33 bits per heavy atom. The van der Waals surface area contributed by atoms with E-state index in [2.05, 4.69) is 18.8 Å². The van der Waals surface area contributed by atoms with E-state index in [1.807, 2.05) is 17.0 Å². The molecule has 1 aromatic heterocycles. The Morgan fingerprint density at radius 3 is 2.94 bits per heavy atom. The highest BCUT2D eigenvalue weighted by molar-refractivity contribution is 5.55. The molecule has 5 nitrogen and oxygen atoms in total. The van der Waals surface area contributed by atoms with Gasteiger partial charge in [-0.25, -0.2) is 0 Å². The number of ether oxygens (including phenoxy) is 1. The summed E-state index contributed by atoms with van der Waals surface area (Å²) >= 11 is 0. The van der Waals surface area contributed by atoms with Crippen molar-refractivity contribution in [1.82, 2.24) is 4.98 Å². The van der Waals surface area contributed by atoms with E-state index in [0.29, 0.717) is 30.6 Å². The quantitative estimate of drug-likeness (QED) is 0.843. The fourth-order valence-corrected chi connectivity index (χ4v) is 1.93. The van der Waals surface area contributed by atoms with Crippen molar-refractivity contribution in [2.75, 3.05) is 30.3 Å². The molecule has 0 aromatic carbocycles. The third-order valence-electron chi connectivity index (χ3n) is 2.92. The van der Waals surface area contributed by atoms with E-state index in [9.17, 15) is 5.11 Å². The van der Waals surface area contributed by atoms with E-state index < -0.39 is 0 Å². The molecule has 1 aliphatic heterocycles. The second-order valence-electron chi connectivity index (χ2n) is 5.16. The van der Waals surface area contributed by atoms with Crippen LogP contribution in [0.15, 0.2) is 12.1 Å². The van der Waals surface area contributed by atoms with Gasteiger partial charge in [-0.1, -0.05) is 13.8 Å². The molecule has 0 saturated carbocycles. The summed E-state index contributed by atoms with van der Waals surface area (Å²) < 4.78 is 5.60. The van der Waals surface area contributed by atoms with Crippen molar-refractivity contribution >= 4 is 11.5 Å². The lowest BCUT2D eigenvalue weighted by Gasteiger charge is -2.18. The molecule has 1 saturated heterocycles. The van der Waals surface area contributed by atoms with E-state index in [1.165, 1.54) is 0 Å². The number of rotatable bonds is 4. The Kier molecular flexibility index (Phi) is 3.91. The van der Waals surface area contributed by atoms with Crippen LogP contribution in [0.25, 0.3) is 0 Å². The van der Waals surface area contributed by atoms with Crippen molar-refractivity contribution in [3.8, 4) is 5.88 Å². The number of aliphatic hydroxyl groups excluding tert-OH is 1. The Hall–Kier alpha value is -1.49. The van der Waals surface area contributed by atoms with Gasteiger partial charge in [0.2, 0.25) is 5.88 Å². The third-order valence-corrected chi connectivity index (χ3v) is 2.92. The second-order valence-corrected chi connectivity index (χ2v) is 5.16. The molecule has 5 heteroatoms. The minimum absolute atomic E-state index is 0.260. The molecule has 1 unspecified atom stereocenters. The minimum Gasteiger partial charge on any atom is -0.476 e. The van der Waals surface area contributed by atoms with E-state index in [-0.39, 0.29) is 6.10 Å². The molecule has 2 heterocycles. The van der Waals surface area contributed by atoms with Crippen LogP contribution < -0.4 is 15.4 Å². The van der Waals surface area contributed by atoms with Crippen molar-refractivity contribution in [3.63, 3.8) is 0 Å². The normalized spacial score (nSPS) is 19.6. The first-order chi connectivity index (χ1) is 8.56. The van der Waals surface area contributed by atoms with Gasteiger partial charge in [0.05, 0.1) is 18.4 Å². The van der Waals surface area contributed by atoms with Crippen LogP contribution in [0.2, 0.25) is 0 Å². The van der Waals surface area contributed by atoms with Gasteiger partial charge in [0.1, 0.15) is 5.82 Å². The largest absolute Gasteiger partial charge is 0.476 e. The van der Waals surface area contributed by atoms with Crippen LogP contribution in [0.5, 0.6) is 5.88 Å². The Balaban J connectivity index is 2.10. The predicted octanol–water partition coefficient (Wildman–Crippen LogP) is 1.27. The lowest BCUT2D eigenvalue weighted by atomic mass is 10.2. The zero-order chi connectivity index (χ0) is 13.1. The highest BCUT2D eigenvalue weighted by atomic mass is 16.5. The number of hydrogen-bond acceptors (Lipinski definition) is 5. The SMILES string of the molecule is CC(C)COc1nc(N2CCC(O)C2)ccc1N. The Labute approximate surface area is 108 Å².